The number of unbranched alkanes of at least 4 members (excludes halogenated alkanes) is 14. The molecule has 2 nitrogen and oxygen atoms in total. The van der Waals surface area contributed by atoms with Gasteiger partial charge in [0.1, 0.15) is 0 Å². The van der Waals surface area contributed by atoms with Crippen LogP contribution in [0.4, 0.5) is 0 Å². The van der Waals surface area contributed by atoms with Crippen molar-refractivity contribution in [2.45, 2.75) is 130 Å². The van der Waals surface area contributed by atoms with Crippen LogP contribution in [0.2, 0.25) is 0 Å². The zero-order valence-corrected chi connectivity index (χ0v) is 16.7. The summed E-state index contributed by atoms with van der Waals surface area (Å²) in [6.07, 6.45) is 23.7. The Hall–Kier alpha value is -0.620. The van der Waals surface area contributed by atoms with Gasteiger partial charge in [0.25, 0.3) is 0 Å². The predicted molar refractivity (Wildman–Crippen MR) is 105 cm³/mol. The van der Waals surface area contributed by atoms with E-state index < -0.39 is 0 Å². The molecule has 2 heteroatoms. The Morgan fingerprint density at radius 1 is 0.478 bits per heavy atom. The Bertz CT molecular complexity index is 166. The average molecular weight is 328 g/mol. The first kappa shape index (κ1) is 27.2. The van der Waals surface area contributed by atoms with E-state index in [9.17, 15) is 0 Å². The van der Waals surface area contributed by atoms with E-state index in [4.69, 9.17) is 10.2 Å². The molecule has 1 N–H and O–H groups in total. The lowest BCUT2D eigenvalue weighted by molar-refractivity contribution is 0.563. The maximum absolute atomic E-state index is 8.35. The SMILES string of the molecule is CCCCCCCCCC.CCCCCCCCCC.N=C=O. The molecule has 0 aromatic heterocycles. The van der Waals surface area contributed by atoms with Crippen LogP contribution < -0.4 is 0 Å². The molecule has 0 aliphatic heterocycles. The molecule has 0 fully saturated rings. The van der Waals surface area contributed by atoms with Gasteiger partial charge in [0.15, 0.2) is 0 Å². The molecule has 140 valence electrons. The van der Waals surface area contributed by atoms with Gasteiger partial charge in [-0.05, 0) is 0 Å². The normalized spacial score (nSPS) is 9.22. The van der Waals surface area contributed by atoms with Gasteiger partial charge < -0.3 is 0 Å². The second-order valence-electron chi connectivity index (χ2n) is 6.34. The summed E-state index contributed by atoms with van der Waals surface area (Å²) >= 11 is 0. The number of hydrogen-bond acceptors (Lipinski definition) is 2. The highest BCUT2D eigenvalue weighted by Gasteiger charge is 1.88. The molecule has 0 bridgehead atoms. The van der Waals surface area contributed by atoms with Crippen LogP contribution in [0, 0.1) is 5.41 Å². The monoisotopic (exact) mass is 327 g/mol. The Balaban J connectivity index is -0.000000297. The summed E-state index contributed by atoms with van der Waals surface area (Å²) in [6.45, 7) is 9.08. The predicted octanol–water partition coefficient (Wildman–Crippen LogP) is 8.19. The van der Waals surface area contributed by atoms with Crippen molar-refractivity contribution >= 4 is 6.08 Å². The van der Waals surface area contributed by atoms with Crippen molar-refractivity contribution in [2.75, 3.05) is 0 Å². The molecule has 0 aliphatic rings. The Kier molecular flexibility index (Phi) is 39.2. The van der Waals surface area contributed by atoms with Crippen molar-refractivity contribution in [1.29, 1.82) is 5.41 Å². The Labute approximate surface area is 147 Å². The van der Waals surface area contributed by atoms with Crippen LogP contribution in [-0.4, -0.2) is 6.08 Å². The second-order valence-corrected chi connectivity index (χ2v) is 6.34. The molecular formula is C21H45NO. The summed E-state index contributed by atoms with van der Waals surface area (Å²) < 4.78 is 0. The summed E-state index contributed by atoms with van der Waals surface area (Å²) in [4.78, 5) is 8.35. The van der Waals surface area contributed by atoms with E-state index in [-0.39, 0.29) is 0 Å². The van der Waals surface area contributed by atoms with Crippen LogP contribution in [0.1, 0.15) is 130 Å². The second kappa shape index (κ2) is 33.1. The van der Waals surface area contributed by atoms with Crippen LogP contribution in [-0.2, 0) is 4.79 Å². The third-order valence-electron chi connectivity index (χ3n) is 3.91. The zero-order valence-electron chi connectivity index (χ0n) is 16.7. The van der Waals surface area contributed by atoms with Gasteiger partial charge in [0.2, 0.25) is 6.08 Å². The van der Waals surface area contributed by atoms with Crippen LogP contribution in [0.15, 0.2) is 0 Å². The van der Waals surface area contributed by atoms with E-state index in [2.05, 4.69) is 27.7 Å². The van der Waals surface area contributed by atoms with E-state index in [0.29, 0.717) is 0 Å². The molecule has 0 heterocycles. The third kappa shape index (κ3) is 44.9. The average Bonchev–Trinajstić information content (AvgIpc) is 2.56. The van der Waals surface area contributed by atoms with Gasteiger partial charge in [0, 0.05) is 0 Å². The largest absolute Gasteiger partial charge is 0.231 e. The van der Waals surface area contributed by atoms with Crippen molar-refractivity contribution in [3.05, 3.63) is 0 Å². The number of isocyanates is 1. The van der Waals surface area contributed by atoms with Gasteiger partial charge in [0.05, 0.1) is 0 Å². The maximum Gasteiger partial charge on any atom is 0.231 e. The molecule has 0 spiro atoms. The third-order valence-corrected chi connectivity index (χ3v) is 3.91. The number of carbonyl (C=O) groups excluding carboxylic acids is 1. The Morgan fingerprint density at radius 3 is 0.739 bits per heavy atom. The van der Waals surface area contributed by atoms with Crippen LogP contribution >= 0.6 is 0 Å². The minimum atomic E-state index is 0.750. The number of nitrogens with one attached hydrogen (secondary N) is 1. The molecular weight excluding hydrogens is 282 g/mol. The highest BCUT2D eigenvalue weighted by Crippen LogP contribution is 2.08. The van der Waals surface area contributed by atoms with E-state index >= 15 is 0 Å². The van der Waals surface area contributed by atoms with Crippen LogP contribution in [0.5, 0.6) is 0 Å². The maximum atomic E-state index is 8.35. The summed E-state index contributed by atoms with van der Waals surface area (Å²) in [5, 5.41) is 5.40. The number of rotatable bonds is 14. The zero-order chi connectivity index (χ0) is 18.0. The van der Waals surface area contributed by atoms with Crippen LogP contribution in [0.25, 0.3) is 0 Å². The fourth-order valence-corrected chi connectivity index (χ4v) is 2.41. The molecule has 0 radical (unpaired) electrons. The number of hydrogen-bond donors (Lipinski definition) is 1. The van der Waals surface area contributed by atoms with Crippen molar-refractivity contribution in [2.24, 2.45) is 0 Å². The summed E-state index contributed by atoms with van der Waals surface area (Å²) in [5.74, 6) is 0. The molecule has 0 unspecified atom stereocenters. The fraction of sp³-hybridized carbons (Fsp3) is 0.952. The van der Waals surface area contributed by atoms with Gasteiger partial charge in [-0.1, -0.05) is 130 Å². The van der Waals surface area contributed by atoms with Crippen molar-refractivity contribution in [3.8, 4) is 0 Å². The van der Waals surface area contributed by atoms with E-state index in [1.165, 1.54) is 103 Å². The minimum absolute atomic E-state index is 0.750. The first-order valence-corrected chi connectivity index (χ1v) is 10.3. The fourth-order valence-electron chi connectivity index (χ4n) is 2.41. The minimum Gasteiger partial charge on any atom is -0.222 e. The Morgan fingerprint density at radius 2 is 0.609 bits per heavy atom. The smallest absolute Gasteiger partial charge is 0.222 e. The van der Waals surface area contributed by atoms with E-state index in [1.54, 1.807) is 0 Å². The van der Waals surface area contributed by atoms with Gasteiger partial charge in [-0.3, -0.25) is 0 Å². The first-order chi connectivity index (χ1) is 11.2. The molecule has 23 heavy (non-hydrogen) atoms. The van der Waals surface area contributed by atoms with Gasteiger partial charge in [-0.2, -0.15) is 0 Å². The molecule has 0 aromatic rings. The summed E-state index contributed by atoms with van der Waals surface area (Å²) in [6, 6.07) is 0. The van der Waals surface area contributed by atoms with Gasteiger partial charge in [-0.15, -0.1) is 0 Å². The van der Waals surface area contributed by atoms with E-state index in [0.717, 1.165) is 6.08 Å². The molecule has 0 aromatic carbocycles. The lowest BCUT2D eigenvalue weighted by atomic mass is 10.1. The highest BCUT2D eigenvalue weighted by atomic mass is 16.1. The molecule has 0 saturated carbocycles. The van der Waals surface area contributed by atoms with Crippen molar-refractivity contribution < 1.29 is 4.79 Å². The molecule has 0 aliphatic carbocycles. The summed E-state index contributed by atoms with van der Waals surface area (Å²) in [7, 11) is 0. The highest BCUT2D eigenvalue weighted by molar-refractivity contribution is 5.26. The molecule has 0 amide bonds. The molecule has 0 rings (SSSR count). The molecule has 0 saturated heterocycles. The lowest BCUT2D eigenvalue weighted by Gasteiger charge is -1.97. The van der Waals surface area contributed by atoms with Crippen LogP contribution in [0.3, 0.4) is 0 Å². The van der Waals surface area contributed by atoms with Gasteiger partial charge in [-0.25, -0.2) is 10.2 Å². The molecule has 0 atom stereocenters. The standard InChI is InChI=1S/2C10H22.CHNO/c2*1-3-5-7-9-10-8-6-4-2;2-1-3/h2*3-10H2,1-2H3;2H. The van der Waals surface area contributed by atoms with Crippen molar-refractivity contribution in [1.82, 2.24) is 0 Å². The van der Waals surface area contributed by atoms with Crippen molar-refractivity contribution in [3.63, 3.8) is 0 Å². The quantitative estimate of drug-likeness (QED) is 0.195. The first-order valence-electron chi connectivity index (χ1n) is 10.3. The lowest BCUT2D eigenvalue weighted by Crippen LogP contribution is -1.77. The summed E-state index contributed by atoms with van der Waals surface area (Å²) in [5.41, 5.74) is 0. The van der Waals surface area contributed by atoms with Gasteiger partial charge >= 0.3 is 0 Å². The topological polar surface area (TPSA) is 40.9 Å². The van der Waals surface area contributed by atoms with E-state index in [1.807, 2.05) is 0 Å².